The Labute approximate surface area is 146 Å². The van der Waals surface area contributed by atoms with Crippen LogP contribution in [-0.4, -0.2) is 49.0 Å². The fourth-order valence-electron chi connectivity index (χ4n) is 3.29. The van der Waals surface area contributed by atoms with Gasteiger partial charge in [0, 0.05) is 18.2 Å². The first-order valence-electron chi connectivity index (χ1n) is 9.04. The molecule has 1 N–H and O–H groups in total. The standard InChI is InChI=1S/C20H33NO3/c1-15-8-6-7-11-21(15)13-16(22)14-24-19-10-9-17(23-5)12-18(19)20(2,3)4/h9-10,12,15-16,22H,6-8,11,13-14H2,1-5H3/t15-,16+/m1/s1. The lowest BCUT2D eigenvalue weighted by molar-refractivity contribution is 0.0433. The second kappa shape index (κ2) is 8.21. The summed E-state index contributed by atoms with van der Waals surface area (Å²) >= 11 is 0. The molecule has 2 rings (SSSR count). The lowest BCUT2D eigenvalue weighted by Crippen LogP contribution is -2.43. The van der Waals surface area contributed by atoms with Gasteiger partial charge < -0.3 is 14.6 Å². The van der Waals surface area contributed by atoms with Gasteiger partial charge in [0.25, 0.3) is 0 Å². The van der Waals surface area contributed by atoms with Crippen molar-refractivity contribution in [2.24, 2.45) is 0 Å². The van der Waals surface area contributed by atoms with Crippen molar-refractivity contribution in [3.05, 3.63) is 23.8 Å². The van der Waals surface area contributed by atoms with E-state index in [1.54, 1.807) is 7.11 Å². The first kappa shape index (κ1) is 19.1. The zero-order chi connectivity index (χ0) is 17.7. The van der Waals surface area contributed by atoms with Crippen LogP contribution in [0, 0.1) is 0 Å². The molecule has 0 unspecified atom stereocenters. The third-order valence-electron chi connectivity index (χ3n) is 4.81. The summed E-state index contributed by atoms with van der Waals surface area (Å²) in [4.78, 5) is 2.37. The number of rotatable bonds is 6. The number of aliphatic hydroxyl groups is 1. The van der Waals surface area contributed by atoms with E-state index in [0.717, 1.165) is 23.6 Å². The zero-order valence-electron chi connectivity index (χ0n) is 15.8. The number of β-amino-alcohol motifs (C(OH)–C–C–N with tert-alkyl or cyclic N) is 1. The van der Waals surface area contributed by atoms with E-state index in [-0.39, 0.29) is 5.41 Å². The van der Waals surface area contributed by atoms with Crippen molar-refractivity contribution in [1.29, 1.82) is 0 Å². The summed E-state index contributed by atoms with van der Waals surface area (Å²) < 4.78 is 11.3. The molecule has 1 heterocycles. The summed E-state index contributed by atoms with van der Waals surface area (Å²) in [6.07, 6.45) is 3.27. The van der Waals surface area contributed by atoms with E-state index in [4.69, 9.17) is 9.47 Å². The fourth-order valence-corrected chi connectivity index (χ4v) is 3.29. The number of piperidine rings is 1. The number of aliphatic hydroxyl groups excluding tert-OH is 1. The van der Waals surface area contributed by atoms with Crippen LogP contribution < -0.4 is 9.47 Å². The minimum absolute atomic E-state index is 0.0454. The second-order valence-corrected chi connectivity index (χ2v) is 7.92. The SMILES string of the molecule is COc1ccc(OC[C@@H](O)CN2CCCC[C@H]2C)c(C(C)(C)C)c1. The Hall–Kier alpha value is -1.26. The predicted octanol–water partition coefficient (Wildman–Crippen LogP) is 3.61. The Morgan fingerprint density at radius 1 is 1.29 bits per heavy atom. The largest absolute Gasteiger partial charge is 0.497 e. The van der Waals surface area contributed by atoms with Crippen molar-refractivity contribution < 1.29 is 14.6 Å². The number of nitrogens with zero attached hydrogens (tertiary/aromatic N) is 1. The number of methoxy groups -OCH3 is 1. The summed E-state index contributed by atoms with van der Waals surface area (Å²) in [6, 6.07) is 6.42. The van der Waals surface area contributed by atoms with Crippen molar-refractivity contribution >= 4 is 0 Å². The Morgan fingerprint density at radius 3 is 2.67 bits per heavy atom. The van der Waals surface area contributed by atoms with Gasteiger partial charge in [-0.2, -0.15) is 0 Å². The van der Waals surface area contributed by atoms with Crippen LogP contribution in [0.25, 0.3) is 0 Å². The predicted molar refractivity (Wildman–Crippen MR) is 98.1 cm³/mol. The third-order valence-corrected chi connectivity index (χ3v) is 4.81. The highest BCUT2D eigenvalue weighted by Gasteiger charge is 2.23. The summed E-state index contributed by atoms with van der Waals surface area (Å²) in [5.74, 6) is 1.66. The molecule has 0 amide bonds. The molecule has 0 aromatic heterocycles. The van der Waals surface area contributed by atoms with E-state index in [0.29, 0.717) is 19.2 Å². The van der Waals surface area contributed by atoms with Crippen LogP contribution >= 0.6 is 0 Å². The highest BCUT2D eigenvalue weighted by atomic mass is 16.5. The molecule has 0 saturated carbocycles. The summed E-state index contributed by atoms with van der Waals surface area (Å²) in [5, 5.41) is 10.4. The van der Waals surface area contributed by atoms with Gasteiger partial charge in [-0.1, -0.05) is 27.2 Å². The van der Waals surface area contributed by atoms with Gasteiger partial charge >= 0.3 is 0 Å². The molecule has 136 valence electrons. The van der Waals surface area contributed by atoms with Crippen LogP contribution in [0.1, 0.15) is 52.5 Å². The van der Waals surface area contributed by atoms with Gasteiger partial charge in [-0.05, 0) is 49.9 Å². The van der Waals surface area contributed by atoms with E-state index < -0.39 is 6.10 Å². The molecular weight excluding hydrogens is 302 g/mol. The molecule has 1 aromatic rings. The van der Waals surface area contributed by atoms with Crippen LogP contribution in [0.4, 0.5) is 0 Å². The molecule has 0 bridgehead atoms. The Morgan fingerprint density at radius 2 is 2.04 bits per heavy atom. The number of benzene rings is 1. The van der Waals surface area contributed by atoms with Crippen molar-refractivity contribution in [2.75, 3.05) is 26.8 Å². The maximum atomic E-state index is 10.4. The number of hydrogen-bond donors (Lipinski definition) is 1. The smallest absolute Gasteiger partial charge is 0.123 e. The second-order valence-electron chi connectivity index (χ2n) is 7.92. The molecule has 1 aromatic carbocycles. The average molecular weight is 335 g/mol. The van der Waals surface area contributed by atoms with Crippen molar-refractivity contribution in [3.63, 3.8) is 0 Å². The number of hydrogen-bond acceptors (Lipinski definition) is 4. The Kier molecular flexibility index (Phi) is 6.53. The lowest BCUT2D eigenvalue weighted by Gasteiger charge is -2.34. The highest BCUT2D eigenvalue weighted by Crippen LogP contribution is 2.34. The Bertz CT molecular complexity index is 524. The molecule has 0 aliphatic carbocycles. The molecule has 24 heavy (non-hydrogen) atoms. The highest BCUT2D eigenvalue weighted by molar-refractivity contribution is 5.44. The van der Waals surface area contributed by atoms with Crippen LogP contribution in [0.2, 0.25) is 0 Å². The van der Waals surface area contributed by atoms with Crippen LogP contribution in [0.15, 0.2) is 18.2 Å². The molecule has 1 aliphatic heterocycles. The monoisotopic (exact) mass is 335 g/mol. The van der Waals surface area contributed by atoms with Crippen LogP contribution in [0.3, 0.4) is 0 Å². The van der Waals surface area contributed by atoms with Gasteiger partial charge in [0.05, 0.1) is 7.11 Å². The fraction of sp³-hybridized carbons (Fsp3) is 0.700. The topological polar surface area (TPSA) is 41.9 Å². The summed E-state index contributed by atoms with van der Waals surface area (Å²) in [5.41, 5.74) is 1.05. The first-order chi connectivity index (χ1) is 11.3. The molecule has 2 atom stereocenters. The quantitative estimate of drug-likeness (QED) is 0.862. The minimum Gasteiger partial charge on any atom is -0.497 e. The molecule has 0 spiro atoms. The molecule has 1 aliphatic rings. The molecule has 1 saturated heterocycles. The van der Waals surface area contributed by atoms with Crippen LogP contribution in [-0.2, 0) is 5.41 Å². The normalized spacial score (nSPS) is 20.7. The van der Waals surface area contributed by atoms with E-state index in [1.807, 2.05) is 18.2 Å². The van der Waals surface area contributed by atoms with Crippen molar-refractivity contribution in [3.8, 4) is 11.5 Å². The van der Waals surface area contributed by atoms with E-state index in [1.165, 1.54) is 19.3 Å². The van der Waals surface area contributed by atoms with E-state index >= 15 is 0 Å². The van der Waals surface area contributed by atoms with Gasteiger partial charge in [0.15, 0.2) is 0 Å². The van der Waals surface area contributed by atoms with Gasteiger partial charge in [0.2, 0.25) is 0 Å². The van der Waals surface area contributed by atoms with Crippen molar-refractivity contribution in [2.45, 2.75) is 64.5 Å². The Balaban J connectivity index is 1.98. The van der Waals surface area contributed by atoms with Crippen molar-refractivity contribution in [1.82, 2.24) is 4.90 Å². The lowest BCUT2D eigenvalue weighted by atomic mass is 9.86. The number of ether oxygens (including phenoxy) is 2. The summed E-state index contributed by atoms with van der Waals surface area (Å²) in [6.45, 7) is 10.8. The molecule has 1 fully saturated rings. The van der Waals surface area contributed by atoms with Gasteiger partial charge in [0.1, 0.15) is 24.2 Å². The molecule has 4 heteroatoms. The van der Waals surface area contributed by atoms with Gasteiger partial charge in [-0.3, -0.25) is 4.90 Å². The third kappa shape index (κ3) is 5.12. The first-order valence-corrected chi connectivity index (χ1v) is 9.04. The minimum atomic E-state index is -0.472. The zero-order valence-corrected chi connectivity index (χ0v) is 15.8. The number of likely N-dealkylation sites (tertiary alicyclic amines) is 1. The van der Waals surface area contributed by atoms with Gasteiger partial charge in [-0.25, -0.2) is 0 Å². The van der Waals surface area contributed by atoms with Gasteiger partial charge in [-0.15, -0.1) is 0 Å². The molecule has 0 radical (unpaired) electrons. The molecule has 4 nitrogen and oxygen atoms in total. The average Bonchev–Trinajstić information content (AvgIpc) is 2.54. The maximum absolute atomic E-state index is 10.4. The van der Waals surface area contributed by atoms with Crippen LogP contribution in [0.5, 0.6) is 11.5 Å². The molecular formula is C20H33NO3. The summed E-state index contributed by atoms with van der Waals surface area (Å²) in [7, 11) is 1.67. The van der Waals surface area contributed by atoms with E-state index in [2.05, 4.69) is 32.6 Å². The maximum Gasteiger partial charge on any atom is 0.123 e. The van der Waals surface area contributed by atoms with E-state index in [9.17, 15) is 5.11 Å².